The molecule has 3 aromatic carbocycles. The minimum absolute atomic E-state index is 0.0397. The molecular formula is C22H17Cl3N2O3. The van der Waals surface area contributed by atoms with Crippen LogP contribution >= 0.6 is 34.8 Å². The Morgan fingerprint density at radius 1 is 1.03 bits per heavy atom. The maximum absolute atomic E-state index is 11.9. The monoisotopic (exact) mass is 462 g/mol. The van der Waals surface area contributed by atoms with Gasteiger partial charge in [0, 0.05) is 21.7 Å². The van der Waals surface area contributed by atoms with E-state index in [9.17, 15) is 9.90 Å². The number of amides is 1. The maximum atomic E-state index is 11.9. The molecule has 5 nitrogen and oxygen atoms in total. The third-order valence-electron chi connectivity index (χ3n) is 4.09. The van der Waals surface area contributed by atoms with Crippen LogP contribution in [0.5, 0.6) is 11.5 Å². The van der Waals surface area contributed by atoms with Crippen molar-refractivity contribution in [2.24, 2.45) is 5.10 Å². The maximum Gasteiger partial charge on any atom is 0.277 e. The summed E-state index contributed by atoms with van der Waals surface area (Å²) in [6, 6.07) is 17.4. The number of halogens is 3. The van der Waals surface area contributed by atoms with E-state index in [0.717, 1.165) is 11.1 Å². The SMILES string of the molecule is O=C(COc1cc(Cl)ccc1Cl)N/N=C/c1cc(Cc2ccccc2Cl)ccc1O. The molecule has 30 heavy (non-hydrogen) atoms. The highest BCUT2D eigenvalue weighted by Gasteiger charge is 2.07. The Kier molecular flexibility index (Phi) is 7.57. The van der Waals surface area contributed by atoms with Crippen LogP contribution in [0, 0.1) is 0 Å². The van der Waals surface area contributed by atoms with E-state index in [4.69, 9.17) is 39.5 Å². The van der Waals surface area contributed by atoms with E-state index < -0.39 is 5.91 Å². The number of phenols is 1. The van der Waals surface area contributed by atoms with E-state index in [1.165, 1.54) is 12.3 Å². The molecule has 1 amide bonds. The fraction of sp³-hybridized carbons (Fsp3) is 0.0909. The van der Waals surface area contributed by atoms with Crippen LogP contribution < -0.4 is 10.2 Å². The number of nitrogens with zero attached hydrogens (tertiary/aromatic N) is 1. The zero-order chi connectivity index (χ0) is 21.5. The summed E-state index contributed by atoms with van der Waals surface area (Å²) in [7, 11) is 0. The Morgan fingerprint density at radius 2 is 1.83 bits per heavy atom. The number of benzene rings is 3. The van der Waals surface area contributed by atoms with Gasteiger partial charge in [-0.05, 0) is 47.9 Å². The van der Waals surface area contributed by atoms with Crippen LogP contribution in [-0.4, -0.2) is 23.8 Å². The normalized spacial score (nSPS) is 10.9. The summed E-state index contributed by atoms with van der Waals surface area (Å²) < 4.78 is 5.34. The summed E-state index contributed by atoms with van der Waals surface area (Å²) in [5.41, 5.74) is 4.70. The lowest BCUT2D eigenvalue weighted by Crippen LogP contribution is -2.24. The van der Waals surface area contributed by atoms with Gasteiger partial charge in [-0.2, -0.15) is 5.10 Å². The molecule has 0 atom stereocenters. The van der Waals surface area contributed by atoms with E-state index in [-0.39, 0.29) is 12.4 Å². The molecule has 0 heterocycles. The van der Waals surface area contributed by atoms with Crippen LogP contribution in [0.4, 0.5) is 0 Å². The predicted octanol–water partition coefficient (Wildman–Crippen LogP) is 5.47. The third-order valence-corrected chi connectivity index (χ3v) is 5.01. The Hall–Kier alpha value is -2.73. The van der Waals surface area contributed by atoms with Gasteiger partial charge in [0.15, 0.2) is 6.61 Å². The van der Waals surface area contributed by atoms with E-state index in [1.54, 1.807) is 30.3 Å². The number of hydrogen-bond donors (Lipinski definition) is 2. The number of ether oxygens (including phenoxy) is 1. The first-order valence-electron chi connectivity index (χ1n) is 8.87. The summed E-state index contributed by atoms with van der Waals surface area (Å²) in [5, 5.41) is 15.4. The molecule has 154 valence electrons. The Bertz CT molecular complexity index is 1090. The second-order valence-corrected chi connectivity index (χ2v) is 7.57. The van der Waals surface area contributed by atoms with Crippen molar-refractivity contribution in [3.8, 4) is 11.5 Å². The van der Waals surface area contributed by atoms with E-state index in [2.05, 4.69) is 10.5 Å². The molecular weight excluding hydrogens is 447 g/mol. The molecule has 0 spiro atoms. The van der Waals surface area contributed by atoms with E-state index >= 15 is 0 Å². The highest BCUT2D eigenvalue weighted by Crippen LogP contribution is 2.27. The number of hydrazone groups is 1. The van der Waals surface area contributed by atoms with Gasteiger partial charge >= 0.3 is 0 Å². The molecule has 2 N–H and O–H groups in total. The van der Waals surface area contributed by atoms with Gasteiger partial charge in [0.05, 0.1) is 11.2 Å². The van der Waals surface area contributed by atoms with Gasteiger partial charge in [-0.3, -0.25) is 4.79 Å². The molecule has 3 rings (SSSR count). The van der Waals surface area contributed by atoms with Crippen LogP contribution in [0.25, 0.3) is 0 Å². The Morgan fingerprint density at radius 3 is 2.63 bits per heavy atom. The topological polar surface area (TPSA) is 70.9 Å². The molecule has 0 aliphatic carbocycles. The lowest BCUT2D eigenvalue weighted by Gasteiger charge is -2.08. The molecule has 0 saturated carbocycles. The van der Waals surface area contributed by atoms with Crippen molar-refractivity contribution in [1.29, 1.82) is 0 Å². The van der Waals surface area contributed by atoms with Gasteiger partial charge in [0.2, 0.25) is 0 Å². The van der Waals surface area contributed by atoms with Crippen molar-refractivity contribution in [3.63, 3.8) is 0 Å². The molecule has 0 radical (unpaired) electrons. The van der Waals surface area contributed by atoms with E-state index in [0.29, 0.717) is 32.8 Å². The molecule has 0 bridgehead atoms. The van der Waals surface area contributed by atoms with E-state index in [1.807, 2.05) is 24.3 Å². The number of hydrogen-bond acceptors (Lipinski definition) is 4. The Labute approximate surface area is 188 Å². The van der Waals surface area contributed by atoms with Gasteiger partial charge < -0.3 is 9.84 Å². The average Bonchev–Trinajstić information content (AvgIpc) is 2.72. The first-order valence-corrected chi connectivity index (χ1v) is 10.0. The molecule has 0 aliphatic rings. The Balaban J connectivity index is 1.59. The molecule has 0 unspecified atom stereocenters. The second kappa shape index (κ2) is 10.3. The summed E-state index contributed by atoms with van der Waals surface area (Å²) in [4.78, 5) is 11.9. The zero-order valence-corrected chi connectivity index (χ0v) is 17.9. The lowest BCUT2D eigenvalue weighted by molar-refractivity contribution is -0.123. The van der Waals surface area contributed by atoms with Gasteiger partial charge in [-0.25, -0.2) is 5.43 Å². The van der Waals surface area contributed by atoms with Gasteiger partial charge in [0.25, 0.3) is 5.91 Å². The quantitative estimate of drug-likeness (QED) is 0.360. The third kappa shape index (κ3) is 6.13. The first kappa shape index (κ1) is 22.0. The van der Waals surface area contributed by atoms with Crippen LogP contribution in [0.2, 0.25) is 15.1 Å². The van der Waals surface area contributed by atoms with Gasteiger partial charge in [0.1, 0.15) is 11.5 Å². The minimum atomic E-state index is -0.492. The highest BCUT2D eigenvalue weighted by atomic mass is 35.5. The standard InChI is InChI=1S/C22H17Cl3N2O3/c23-17-6-7-19(25)21(11-17)30-13-22(29)27-26-12-16-10-14(5-8-20(16)28)9-15-3-1-2-4-18(15)24/h1-8,10-12,28H,9,13H2,(H,27,29)/b26-12+. The summed E-state index contributed by atoms with van der Waals surface area (Å²) in [6.07, 6.45) is 1.96. The van der Waals surface area contributed by atoms with Crippen molar-refractivity contribution < 1.29 is 14.6 Å². The van der Waals surface area contributed by atoms with Crippen LogP contribution in [0.3, 0.4) is 0 Å². The number of carbonyl (C=O) groups excluding carboxylic acids is 1. The molecule has 0 saturated heterocycles. The van der Waals surface area contributed by atoms with Crippen molar-refractivity contribution in [2.45, 2.75) is 6.42 Å². The largest absolute Gasteiger partial charge is 0.507 e. The summed E-state index contributed by atoms with van der Waals surface area (Å²) >= 11 is 18.1. The number of aromatic hydroxyl groups is 1. The number of phenolic OH excluding ortho intramolecular Hbond substituents is 1. The molecule has 0 fully saturated rings. The predicted molar refractivity (Wildman–Crippen MR) is 120 cm³/mol. The molecule has 0 aliphatic heterocycles. The minimum Gasteiger partial charge on any atom is -0.507 e. The van der Waals surface area contributed by atoms with Crippen molar-refractivity contribution in [1.82, 2.24) is 5.43 Å². The van der Waals surface area contributed by atoms with Gasteiger partial charge in [-0.1, -0.05) is 59.1 Å². The molecule has 3 aromatic rings. The number of carbonyl (C=O) groups is 1. The highest BCUT2D eigenvalue weighted by molar-refractivity contribution is 6.34. The zero-order valence-electron chi connectivity index (χ0n) is 15.6. The van der Waals surface area contributed by atoms with Crippen molar-refractivity contribution in [3.05, 3.63) is 92.4 Å². The van der Waals surface area contributed by atoms with Crippen molar-refractivity contribution in [2.75, 3.05) is 6.61 Å². The van der Waals surface area contributed by atoms with Crippen molar-refractivity contribution >= 4 is 46.9 Å². The summed E-state index contributed by atoms with van der Waals surface area (Å²) in [5.74, 6) is -0.153. The fourth-order valence-corrected chi connectivity index (χ4v) is 3.15. The lowest BCUT2D eigenvalue weighted by atomic mass is 10.0. The van der Waals surface area contributed by atoms with Crippen LogP contribution in [0.15, 0.2) is 65.8 Å². The second-order valence-electron chi connectivity index (χ2n) is 6.32. The number of nitrogens with one attached hydrogen (secondary N) is 1. The number of rotatable bonds is 7. The molecule has 8 heteroatoms. The first-order chi connectivity index (χ1) is 14.4. The fourth-order valence-electron chi connectivity index (χ4n) is 2.62. The van der Waals surface area contributed by atoms with Crippen LogP contribution in [-0.2, 0) is 11.2 Å². The van der Waals surface area contributed by atoms with Gasteiger partial charge in [-0.15, -0.1) is 0 Å². The smallest absolute Gasteiger partial charge is 0.277 e. The summed E-state index contributed by atoms with van der Waals surface area (Å²) in [6.45, 7) is -0.296. The molecule has 0 aromatic heterocycles. The van der Waals surface area contributed by atoms with Crippen LogP contribution in [0.1, 0.15) is 16.7 Å². The average molecular weight is 464 g/mol.